The minimum absolute atomic E-state index is 0.0174. The highest BCUT2D eigenvalue weighted by molar-refractivity contribution is 7.98. The Labute approximate surface area is 146 Å². The van der Waals surface area contributed by atoms with Crippen LogP contribution in [0.2, 0.25) is 0 Å². The predicted octanol–water partition coefficient (Wildman–Crippen LogP) is 4.13. The summed E-state index contributed by atoms with van der Waals surface area (Å²) in [5.74, 6) is 1.27. The van der Waals surface area contributed by atoms with Crippen LogP contribution in [0.3, 0.4) is 0 Å². The highest BCUT2D eigenvalue weighted by Crippen LogP contribution is 2.40. The van der Waals surface area contributed by atoms with Crippen molar-refractivity contribution in [3.05, 3.63) is 16.0 Å². The van der Waals surface area contributed by atoms with E-state index in [1.165, 1.54) is 4.88 Å². The molecule has 0 saturated carbocycles. The molecule has 0 spiro atoms. The van der Waals surface area contributed by atoms with Crippen molar-refractivity contribution >= 4 is 40.0 Å². The first kappa shape index (κ1) is 18.3. The zero-order chi connectivity index (χ0) is 16.8. The molecule has 0 fully saturated rings. The van der Waals surface area contributed by atoms with E-state index in [4.69, 9.17) is 4.74 Å². The average Bonchev–Trinajstić information content (AvgIpc) is 2.84. The topological polar surface area (TPSA) is 55.4 Å². The predicted molar refractivity (Wildman–Crippen MR) is 97.7 cm³/mol. The van der Waals surface area contributed by atoms with E-state index in [0.717, 1.165) is 37.0 Å². The lowest BCUT2D eigenvalue weighted by molar-refractivity contribution is -0.116. The van der Waals surface area contributed by atoms with Gasteiger partial charge in [-0.15, -0.1) is 11.3 Å². The summed E-state index contributed by atoms with van der Waals surface area (Å²) in [5, 5.41) is 3.63. The molecule has 0 aliphatic heterocycles. The number of amides is 1. The van der Waals surface area contributed by atoms with Gasteiger partial charge < -0.3 is 10.1 Å². The van der Waals surface area contributed by atoms with Gasteiger partial charge in [0.05, 0.1) is 12.2 Å². The van der Waals surface area contributed by atoms with E-state index in [1.54, 1.807) is 30.0 Å². The third kappa shape index (κ3) is 4.73. The number of hydrogen-bond donors (Lipinski definition) is 1. The number of hydrogen-bond acceptors (Lipinski definition) is 5. The van der Waals surface area contributed by atoms with Gasteiger partial charge in [0.1, 0.15) is 5.00 Å². The molecule has 1 heterocycles. The van der Waals surface area contributed by atoms with Crippen molar-refractivity contribution in [2.75, 3.05) is 23.9 Å². The SMILES string of the molecule is CCOC(=O)c1c(NC(=O)CCCSC)sc2c1CCC(C)C2. The van der Waals surface area contributed by atoms with Gasteiger partial charge in [-0.25, -0.2) is 4.79 Å². The van der Waals surface area contributed by atoms with Crippen molar-refractivity contribution in [2.24, 2.45) is 5.92 Å². The molecule has 2 rings (SSSR count). The van der Waals surface area contributed by atoms with E-state index in [-0.39, 0.29) is 11.9 Å². The van der Waals surface area contributed by atoms with E-state index in [9.17, 15) is 9.59 Å². The smallest absolute Gasteiger partial charge is 0.341 e. The Bertz CT molecular complexity index is 568. The number of carbonyl (C=O) groups is 2. The summed E-state index contributed by atoms with van der Waals surface area (Å²) >= 11 is 3.28. The summed E-state index contributed by atoms with van der Waals surface area (Å²) in [4.78, 5) is 25.7. The fourth-order valence-electron chi connectivity index (χ4n) is 2.82. The molecule has 1 aliphatic carbocycles. The fourth-order valence-corrected chi connectivity index (χ4v) is 4.67. The average molecular weight is 356 g/mol. The van der Waals surface area contributed by atoms with Gasteiger partial charge in [0.25, 0.3) is 0 Å². The Kier molecular flexibility index (Phi) is 6.96. The molecular formula is C17H25NO3S2. The molecule has 1 aromatic heterocycles. The van der Waals surface area contributed by atoms with Gasteiger partial charge in [-0.3, -0.25) is 4.79 Å². The number of anilines is 1. The van der Waals surface area contributed by atoms with Crippen LogP contribution in [0.5, 0.6) is 0 Å². The minimum Gasteiger partial charge on any atom is -0.462 e. The largest absolute Gasteiger partial charge is 0.462 e. The van der Waals surface area contributed by atoms with E-state index in [2.05, 4.69) is 12.2 Å². The maximum atomic E-state index is 12.4. The molecule has 1 N–H and O–H groups in total. The number of ether oxygens (including phenoxy) is 1. The molecule has 0 bridgehead atoms. The highest BCUT2D eigenvalue weighted by atomic mass is 32.2. The molecule has 0 saturated heterocycles. The van der Waals surface area contributed by atoms with Gasteiger partial charge in [0.15, 0.2) is 0 Å². The van der Waals surface area contributed by atoms with Crippen LogP contribution in [-0.4, -0.2) is 30.5 Å². The number of thiophene rings is 1. The van der Waals surface area contributed by atoms with Crippen LogP contribution < -0.4 is 5.32 Å². The molecule has 128 valence electrons. The van der Waals surface area contributed by atoms with Gasteiger partial charge in [-0.05, 0) is 56.1 Å². The number of carbonyl (C=O) groups excluding carboxylic acids is 2. The molecule has 1 unspecified atom stereocenters. The third-order valence-electron chi connectivity index (χ3n) is 4.00. The lowest BCUT2D eigenvalue weighted by atomic mass is 9.88. The van der Waals surface area contributed by atoms with Crippen molar-refractivity contribution in [3.63, 3.8) is 0 Å². The molecular weight excluding hydrogens is 330 g/mol. The Morgan fingerprint density at radius 2 is 2.22 bits per heavy atom. The summed E-state index contributed by atoms with van der Waals surface area (Å²) in [6, 6.07) is 0. The van der Waals surface area contributed by atoms with Crippen LogP contribution in [0.1, 0.15) is 53.9 Å². The Hall–Kier alpha value is -1.01. The summed E-state index contributed by atoms with van der Waals surface area (Å²) in [5.41, 5.74) is 1.68. The maximum absolute atomic E-state index is 12.4. The second-order valence-corrected chi connectivity index (χ2v) is 8.01. The molecule has 1 aromatic rings. The third-order valence-corrected chi connectivity index (χ3v) is 5.86. The fraction of sp³-hybridized carbons (Fsp3) is 0.647. The van der Waals surface area contributed by atoms with E-state index < -0.39 is 0 Å². The number of nitrogens with one attached hydrogen (secondary N) is 1. The molecule has 1 aliphatic rings. The zero-order valence-electron chi connectivity index (χ0n) is 14.1. The van der Waals surface area contributed by atoms with E-state index in [1.807, 2.05) is 6.26 Å². The molecule has 0 radical (unpaired) electrons. The number of fused-ring (bicyclic) bond motifs is 1. The van der Waals surface area contributed by atoms with Crippen LogP contribution >= 0.6 is 23.1 Å². The zero-order valence-corrected chi connectivity index (χ0v) is 15.7. The highest BCUT2D eigenvalue weighted by Gasteiger charge is 2.28. The summed E-state index contributed by atoms with van der Waals surface area (Å²) < 4.78 is 5.21. The van der Waals surface area contributed by atoms with Crippen molar-refractivity contribution in [1.82, 2.24) is 0 Å². The molecule has 6 heteroatoms. The Morgan fingerprint density at radius 1 is 1.43 bits per heavy atom. The Balaban J connectivity index is 2.20. The maximum Gasteiger partial charge on any atom is 0.341 e. The van der Waals surface area contributed by atoms with Crippen LogP contribution in [0.25, 0.3) is 0 Å². The second-order valence-electron chi connectivity index (χ2n) is 5.92. The van der Waals surface area contributed by atoms with E-state index in [0.29, 0.717) is 29.5 Å². The van der Waals surface area contributed by atoms with Gasteiger partial charge in [0, 0.05) is 11.3 Å². The minimum atomic E-state index is -0.307. The van der Waals surface area contributed by atoms with Crippen LogP contribution in [0.15, 0.2) is 0 Å². The van der Waals surface area contributed by atoms with Gasteiger partial charge in [-0.2, -0.15) is 11.8 Å². The first-order valence-electron chi connectivity index (χ1n) is 8.17. The first-order chi connectivity index (χ1) is 11.1. The molecule has 23 heavy (non-hydrogen) atoms. The summed E-state index contributed by atoms with van der Waals surface area (Å²) in [7, 11) is 0. The monoisotopic (exact) mass is 355 g/mol. The molecule has 1 atom stereocenters. The lowest BCUT2D eigenvalue weighted by Gasteiger charge is -2.18. The quantitative estimate of drug-likeness (QED) is 0.590. The number of thioether (sulfide) groups is 1. The van der Waals surface area contributed by atoms with Crippen molar-refractivity contribution < 1.29 is 14.3 Å². The van der Waals surface area contributed by atoms with E-state index >= 15 is 0 Å². The van der Waals surface area contributed by atoms with Crippen LogP contribution in [0, 0.1) is 5.92 Å². The van der Waals surface area contributed by atoms with Crippen LogP contribution in [0.4, 0.5) is 5.00 Å². The Morgan fingerprint density at radius 3 is 2.91 bits per heavy atom. The lowest BCUT2D eigenvalue weighted by Crippen LogP contribution is -2.16. The second kappa shape index (κ2) is 8.73. The normalized spacial score (nSPS) is 16.7. The van der Waals surface area contributed by atoms with Gasteiger partial charge >= 0.3 is 5.97 Å². The summed E-state index contributed by atoms with van der Waals surface area (Å²) in [6.45, 7) is 4.38. The van der Waals surface area contributed by atoms with Crippen molar-refractivity contribution in [1.29, 1.82) is 0 Å². The first-order valence-corrected chi connectivity index (χ1v) is 10.4. The molecule has 1 amide bonds. The molecule has 4 nitrogen and oxygen atoms in total. The molecule has 0 aromatic carbocycles. The van der Waals surface area contributed by atoms with Gasteiger partial charge in [0.2, 0.25) is 5.91 Å². The van der Waals surface area contributed by atoms with Gasteiger partial charge in [-0.1, -0.05) is 6.92 Å². The van der Waals surface area contributed by atoms with Crippen molar-refractivity contribution in [3.8, 4) is 0 Å². The standard InChI is InChI=1S/C17H25NO3S2/c1-4-21-17(20)15-12-8-7-11(2)10-13(12)23-16(15)18-14(19)6-5-9-22-3/h11H,4-10H2,1-3H3,(H,18,19). The van der Waals surface area contributed by atoms with Crippen LogP contribution in [-0.2, 0) is 22.4 Å². The summed E-state index contributed by atoms with van der Waals surface area (Å²) in [6.07, 6.45) is 6.33. The number of esters is 1. The number of rotatable bonds is 7. The van der Waals surface area contributed by atoms with Crippen molar-refractivity contribution in [2.45, 2.75) is 46.0 Å².